The number of nitrogens with zero attached hydrogens (tertiary/aromatic N) is 2. The summed E-state index contributed by atoms with van der Waals surface area (Å²) in [5.41, 5.74) is 0.710. The van der Waals surface area contributed by atoms with Gasteiger partial charge in [0.25, 0.3) is 0 Å². The van der Waals surface area contributed by atoms with Crippen molar-refractivity contribution in [3.05, 3.63) is 47.4 Å². The maximum atomic E-state index is 13.0. The van der Waals surface area contributed by atoms with Crippen LogP contribution in [-0.4, -0.2) is 27.9 Å². The van der Waals surface area contributed by atoms with Crippen molar-refractivity contribution in [1.82, 2.24) is 10.2 Å². The second-order valence-electron chi connectivity index (χ2n) is 3.78. The molecule has 0 aliphatic heterocycles. The van der Waals surface area contributed by atoms with Crippen molar-refractivity contribution in [3.63, 3.8) is 0 Å². The van der Waals surface area contributed by atoms with Gasteiger partial charge >= 0.3 is 5.97 Å². The lowest BCUT2D eigenvalue weighted by Gasteiger charge is -1.97. The van der Waals surface area contributed by atoms with Gasteiger partial charge in [-0.2, -0.15) is 0 Å². The minimum absolute atomic E-state index is 0.0670. The SMILES string of the molecule is O=C(O)COCc1nnc(Cc2cccc(F)c2)o1. The molecule has 0 fully saturated rings. The Labute approximate surface area is 107 Å². The van der Waals surface area contributed by atoms with Crippen LogP contribution in [0.25, 0.3) is 0 Å². The van der Waals surface area contributed by atoms with E-state index in [9.17, 15) is 9.18 Å². The lowest BCUT2D eigenvalue weighted by Crippen LogP contribution is -2.06. The molecule has 0 amide bonds. The van der Waals surface area contributed by atoms with Crippen LogP contribution in [0.15, 0.2) is 28.7 Å². The van der Waals surface area contributed by atoms with Crippen LogP contribution < -0.4 is 0 Å². The molecule has 0 spiro atoms. The first-order chi connectivity index (χ1) is 9.13. The molecule has 0 saturated heterocycles. The lowest BCUT2D eigenvalue weighted by atomic mass is 10.1. The topological polar surface area (TPSA) is 85.5 Å². The van der Waals surface area contributed by atoms with Gasteiger partial charge in [-0.25, -0.2) is 9.18 Å². The molecule has 6 nitrogen and oxygen atoms in total. The van der Waals surface area contributed by atoms with E-state index in [-0.39, 0.29) is 18.3 Å². The molecule has 19 heavy (non-hydrogen) atoms. The van der Waals surface area contributed by atoms with Crippen LogP contribution in [-0.2, 0) is 22.6 Å². The third-order valence-electron chi connectivity index (χ3n) is 2.20. The Hall–Kier alpha value is -2.28. The number of carboxylic acid groups (broad SMARTS) is 1. The van der Waals surface area contributed by atoms with E-state index in [1.54, 1.807) is 12.1 Å². The first-order valence-corrected chi connectivity index (χ1v) is 5.49. The molecular weight excluding hydrogens is 255 g/mol. The molecule has 2 aromatic rings. The highest BCUT2D eigenvalue weighted by atomic mass is 19.1. The standard InChI is InChI=1S/C12H11FN2O4/c13-9-3-1-2-8(4-9)5-10-14-15-11(19-10)6-18-7-12(16)17/h1-4H,5-7H2,(H,16,17). The Morgan fingerprint density at radius 3 is 2.89 bits per heavy atom. The van der Waals surface area contributed by atoms with Gasteiger partial charge in [-0.15, -0.1) is 10.2 Å². The molecule has 100 valence electrons. The molecule has 0 bridgehead atoms. The van der Waals surface area contributed by atoms with Crippen molar-refractivity contribution in [2.24, 2.45) is 0 Å². The Morgan fingerprint density at radius 1 is 1.37 bits per heavy atom. The van der Waals surface area contributed by atoms with Crippen molar-refractivity contribution in [2.45, 2.75) is 13.0 Å². The normalized spacial score (nSPS) is 10.6. The number of aliphatic carboxylic acids is 1. The smallest absolute Gasteiger partial charge is 0.329 e. The maximum Gasteiger partial charge on any atom is 0.329 e. The zero-order valence-corrected chi connectivity index (χ0v) is 9.88. The highest BCUT2D eigenvalue weighted by Gasteiger charge is 2.08. The minimum Gasteiger partial charge on any atom is -0.480 e. The van der Waals surface area contributed by atoms with Gasteiger partial charge in [0.2, 0.25) is 11.8 Å². The third kappa shape index (κ3) is 4.14. The summed E-state index contributed by atoms with van der Waals surface area (Å²) >= 11 is 0. The minimum atomic E-state index is -1.07. The number of aromatic nitrogens is 2. The molecule has 2 rings (SSSR count). The van der Waals surface area contributed by atoms with E-state index in [0.29, 0.717) is 17.9 Å². The van der Waals surface area contributed by atoms with Crippen molar-refractivity contribution < 1.29 is 23.4 Å². The zero-order chi connectivity index (χ0) is 13.7. The highest BCUT2D eigenvalue weighted by molar-refractivity contribution is 5.67. The summed E-state index contributed by atoms with van der Waals surface area (Å²) < 4.78 is 23.0. The summed E-state index contributed by atoms with van der Waals surface area (Å²) in [5, 5.41) is 15.9. The van der Waals surface area contributed by atoms with Crippen LogP contribution in [0, 0.1) is 5.82 Å². The molecule has 1 aromatic heterocycles. The van der Waals surface area contributed by atoms with Crippen LogP contribution >= 0.6 is 0 Å². The zero-order valence-electron chi connectivity index (χ0n) is 9.88. The summed E-state index contributed by atoms with van der Waals surface area (Å²) in [6, 6.07) is 6.07. The molecular formula is C12H11FN2O4. The molecule has 0 radical (unpaired) electrons. The van der Waals surface area contributed by atoms with Crippen LogP contribution in [0.4, 0.5) is 4.39 Å². The second-order valence-corrected chi connectivity index (χ2v) is 3.78. The molecule has 0 saturated carbocycles. The average Bonchev–Trinajstić information content (AvgIpc) is 2.76. The molecule has 1 N–H and O–H groups in total. The van der Waals surface area contributed by atoms with Gasteiger partial charge in [-0.1, -0.05) is 12.1 Å². The number of rotatable bonds is 6. The van der Waals surface area contributed by atoms with E-state index in [2.05, 4.69) is 10.2 Å². The van der Waals surface area contributed by atoms with Crippen molar-refractivity contribution in [2.75, 3.05) is 6.61 Å². The summed E-state index contributed by atoms with van der Waals surface area (Å²) in [6.07, 6.45) is 0.309. The van der Waals surface area contributed by atoms with Gasteiger partial charge in [0.15, 0.2) is 0 Å². The van der Waals surface area contributed by atoms with Gasteiger partial charge in [0, 0.05) is 0 Å². The molecule has 7 heteroatoms. The number of halogens is 1. The van der Waals surface area contributed by atoms with Gasteiger partial charge in [-0.3, -0.25) is 0 Å². The molecule has 1 aromatic carbocycles. The average molecular weight is 266 g/mol. The van der Waals surface area contributed by atoms with E-state index in [1.807, 2.05) is 0 Å². The van der Waals surface area contributed by atoms with E-state index in [1.165, 1.54) is 12.1 Å². The summed E-state index contributed by atoms with van der Waals surface area (Å²) in [4.78, 5) is 10.2. The summed E-state index contributed by atoms with van der Waals surface area (Å²) in [7, 11) is 0. The first kappa shape index (κ1) is 13.2. The largest absolute Gasteiger partial charge is 0.480 e. The van der Waals surface area contributed by atoms with Crippen molar-refractivity contribution in [1.29, 1.82) is 0 Å². The van der Waals surface area contributed by atoms with Crippen LogP contribution in [0.2, 0.25) is 0 Å². The monoisotopic (exact) mass is 266 g/mol. The number of benzene rings is 1. The molecule has 1 heterocycles. The van der Waals surface area contributed by atoms with Gasteiger partial charge in [0.1, 0.15) is 19.0 Å². The number of hydrogen-bond donors (Lipinski definition) is 1. The number of carboxylic acids is 1. The summed E-state index contributed by atoms with van der Waals surface area (Å²) in [5.74, 6) is -0.895. The Bertz CT molecular complexity index is 570. The number of ether oxygens (including phenoxy) is 1. The molecule has 0 unspecified atom stereocenters. The second kappa shape index (κ2) is 6.05. The highest BCUT2D eigenvalue weighted by Crippen LogP contribution is 2.10. The predicted octanol–water partition coefficient (Wildman–Crippen LogP) is 1.40. The van der Waals surface area contributed by atoms with E-state index in [0.717, 1.165) is 0 Å². The van der Waals surface area contributed by atoms with Crippen LogP contribution in [0.1, 0.15) is 17.3 Å². The lowest BCUT2D eigenvalue weighted by molar-refractivity contribution is -0.142. The Balaban J connectivity index is 1.92. The Kier molecular flexibility index (Phi) is 4.19. The summed E-state index contributed by atoms with van der Waals surface area (Å²) in [6.45, 7) is -0.496. The van der Waals surface area contributed by atoms with Crippen molar-refractivity contribution in [3.8, 4) is 0 Å². The van der Waals surface area contributed by atoms with Gasteiger partial charge in [-0.05, 0) is 17.7 Å². The predicted molar refractivity (Wildman–Crippen MR) is 60.8 cm³/mol. The van der Waals surface area contributed by atoms with Crippen molar-refractivity contribution >= 4 is 5.97 Å². The fourth-order valence-corrected chi connectivity index (χ4v) is 1.47. The first-order valence-electron chi connectivity index (χ1n) is 5.49. The van der Waals surface area contributed by atoms with E-state index in [4.69, 9.17) is 14.3 Å². The fourth-order valence-electron chi connectivity index (χ4n) is 1.47. The number of carbonyl (C=O) groups is 1. The maximum absolute atomic E-state index is 13.0. The molecule has 0 aliphatic rings. The Morgan fingerprint density at radius 2 is 2.16 bits per heavy atom. The quantitative estimate of drug-likeness (QED) is 0.850. The fraction of sp³-hybridized carbons (Fsp3) is 0.250. The van der Waals surface area contributed by atoms with E-state index < -0.39 is 12.6 Å². The molecule has 0 atom stereocenters. The molecule has 0 aliphatic carbocycles. The third-order valence-corrected chi connectivity index (χ3v) is 2.20. The van der Waals surface area contributed by atoms with Crippen LogP contribution in [0.3, 0.4) is 0 Å². The number of hydrogen-bond acceptors (Lipinski definition) is 5. The van der Waals surface area contributed by atoms with Gasteiger partial charge < -0.3 is 14.3 Å². The van der Waals surface area contributed by atoms with E-state index >= 15 is 0 Å². The van der Waals surface area contributed by atoms with Gasteiger partial charge in [0.05, 0.1) is 6.42 Å². The van der Waals surface area contributed by atoms with Crippen LogP contribution in [0.5, 0.6) is 0 Å².